The van der Waals surface area contributed by atoms with Gasteiger partial charge in [-0.3, -0.25) is 0 Å². The number of rotatable bonds is 3. The molecular weight excluding hydrogens is 153 g/mol. The normalized spacial score (nSPS) is 25.2. The molecule has 1 rings (SSSR count). The predicted molar refractivity (Wildman–Crippen MR) is 49.7 cm³/mol. The van der Waals surface area contributed by atoms with E-state index in [4.69, 9.17) is 5.73 Å². The SMILES string of the molecule is CC(F)C(CN)C1CCCCC1. The number of hydrogen-bond acceptors (Lipinski definition) is 1. The molecule has 0 aromatic carbocycles. The lowest BCUT2D eigenvalue weighted by molar-refractivity contribution is 0.152. The molecule has 0 spiro atoms. The topological polar surface area (TPSA) is 26.0 Å². The van der Waals surface area contributed by atoms with E-state index < -0.39 is 6.17 Å². The van der Waals surface area contributed by atoms with Gasteiger partial charge in [0.05, 0.1) is 0 Å². The van der Waals surface area contributed by atoms with Crippen LogP contribution >= 0.6 is 0 Å². The van der Waals surface area contributed by atoms with Gasteiger partial charge in [-0.2, -0.15) is 0 Å². The van der Waals surface area contributed by atoms with Crippen molar-refractivity contribution in [2.75, 3.05) is 6.54 Å². The summed E-state index contributed by atoms with van der Waals surface area (Å²) in [6, 6.07) is 0. The van der Waals surface area contributed by atoms with E-state index in [1.807, 2.05) is 0 Å². The van der Waals surface area contributed by atoms with E-state index in [1.165, 1.54) is 32.1 Å². The van der Waals surface area contributed by atoms with Gasteiger partial charge in [-0.25, -0.2) is 4.39 Å². The van der Waals surface area contributed by atoms with Crippen molar-refractivity contribution >= 4 is 0 Å². The highest BCUT2D eigenvalue weighted by atomic mass is 19.1. The fraction of sp³-hybridized carbons (Fsp3) is 1.00. The van der Waals surface area contributed by atoms with Crippen LogP contribution in [-0.2, 0) is 0 Å². The zero-order chi connectivity index (χ0) is 8.97. The molecule has 2 unspecified atom stereocenters. The monoisotopic (exact) mass is 173 g/mol. The van der Waals surface area contributed by atoms with Gasteiger partial charge >= 0.3 is 0 Å². The van der Waals surface area contributed by atoms with Crippen LogP contribution in [0.1, 0.15) is 39.0 Å². The van der Waals surface area contributed by atoms with Gasteiger partial charge in [-0.05, 0) is 19.4 Å². The van der Waals surface area contributed by atoms with Gasteiger partial charge in [0.1, 0.15) is 6.17 Å². The van der Waals surface area contributed by atoms with Crippen molar-refractivity contribution < 1.29 is 4.39 Å². The van der Waals surface area contributed by atoms with Gasteiger partial charge in [0.25, 0.3) is 0 Å². The van der Waals surface area contributed by atoms with Crippen molar-refractivity contribution in [3.8, 4) is 0 Å². The summed E-state index contributed by atoms with van der Waals surface area (Å²) in [7, 11) is 0. The Hall–Kier alpha value is -0.110. The standard InChI is InChI=1S/C10H20FN/c1-8(11)10(7-12)9-5-3-2-4-6-9/h8-10H,2-7,12H2,1H3. The molecule has 1 saturated carbocycles. The first kappa shape index (κ1) is 9.97. The molecule has 2 N–H and O–H groups in total. The summed E-state index contributed by atoms with van der Waals surface area (Å²) >= 11 is 0. The molecule has 1 aliphatic rings. The Balaban J connectivity index is 2.40. The lowest BCUT2D eigenvalue weighted by atomic mass is 9.78. The molecule has 12 heavy (non-hydrogen) atoms. The summed E-state index contributed by atoms with van der Waals surface area (Å²) in [4.78, 5) is 0. The largest absolute Gasteiger partial charge is 0.330 e. The van der Waals surface area contributed by atoms with Gasteiger partial charge in [-0.1, -0.05) is 32.1 Å². The summed E-state index contributed by atoms with van der Waals surface area (Å²) in [5.74, 6) is 0.675. The van der Waals surface area contributed by atoms with Crippen LogP contribution in [0.25, 0.3) is 0 Å². The van der Waals surface area contributed by atoms with E-state index in [9.17, 15) is 4.39 Å². The molecular formula is C10H20FN. The number of hydrogen-bond donors (Lipinski definition) is 1. The Morgan fingerprint density at radius 3 is 2.33 bits per heavy atom. The zero-order valence-electron chi connectivity index (χ0n) is 7.93. The smallest absolute Gasteiger partial charge is 0.102 e. The third kappa shape index (κ3) is 2.44. The maximum absolute atomic E-state index is 13.1. The van der Waals surface area contributed by atoms with E-state index in [-0.39, 0.29) is 5.92 Å². The summed E-state index contributed by atoms with van der Waals surface area (Å²) in [6.45, 7) is 2.16. The Morgan fingerprint density at radius 1 is 1.33 bits per heavy atom. The molecule has 0 bridgehead atoms. The zero-order valence-corrected chi connectivity index (χ0v) is 7.93. The first-order valence-corrected chi connectivity index (χ1v) is 5.10. The summed E-state index contributed by atoms with van der Waals surface area (Å²) in [5, 5.41) is 0. The van der Waals surface area contributed by atoms with Crippen LogP contribution in [-0.4, -0.2) is 12.7 Å². The molecule has 72 valence electrons. The average Bonchev–Trinajstić information content (AvgIpc) is 2.07. The van der Waals surface area contributed by atoms with E-state index in [0.717, 1.165) is 0 Å². The predicted octanol–water partition coefficient (Wildman–Crippen LogP) is 2.50. The lowest BCUT2D eigenvalue weighted by Gasteiger charge is -2.30. The van der Waals surface area contributed by atoms with Crippen LogP contribution in [0.4, 0.5) is 4.39 Å². The summed E-state index contributed by atoms with van der Waals surface area (Å²) < 4.78 is 13.1. The molecule has 0 aromatic heterocycles. The van der Waals surface area contributed by atoms with Crippen molar-refractivity contribution in [1.29, 1.82) is 0 Å². The Morgan fingerprint density at radius 2 is 1.92 bits per heavy atom. The average molecular weight is 173 g/mol. The van der Waals surface area contributed by atoms with Crippen LogP contribution in [0.5, 0.6) is 0 Å². The minimum absolute atomic E-state index is 0.116. The van der Waals surface area contributed by atoms with Crippen LogP contribution < -0.4 is 5.73 Å². The van der Waals surface area contributed by atoms with Gasteiger partial charge in [0.15, 0.2) is 0 Å². The van der Waals surface area contributed by atoms with E-state index >= 15 is 0 Å². The second-order valence-corrected chi connectivity index (χ2v) is 3.98. The first-order chi connectivity index (χ1) is 5.75. The molecule has 2 atom stereocenters. The molecule has 1 aliphatic carbocycles. The van der Waals surface area contributed by atoms with Crippen molar-refractivity contribution in [1.82, 2.24) is 0 Å². The fourth-order valence-electron chi connectivity index (χ4n) is 2.32. The Bertz CT molecular complexity index is 119. The van der Waals surface area contributed by atoms with Gasteiger partial charge in [0.2, 0.25) is 0 Å². The van der Waals surface area contributed by atoms with Gasteiger partial charge < -0.3 is 5.73 Å². The van der Waals surface area contributed by atoms with Crippen LogP contribution in [0.15, 0.2) is 0 Å². The van der Waals surface area contributed by atoms with E-state index in [1.54, 1.807) is 6.92 Å². The molecule has 0 radical (unpaired) electrons. The molecule has 0 aliphatic heterocycles. The van der Waals surface area contributed by atoms with Crippen LogP contribution in [0.2, 0.25) is 0 Å². The third-order valence-electron chi connectivity index (χ3n) is 3.12. The number of alkyl halides is 1. The maximum atomic E-state index is 13.1. The molecule has 0 saturated heterocycles. The molecule has 2 heteroatoms. The van der Waals surface area contributed by atoms with Crippen molar-refractivity contribution in [2.24, 2.45) is 17.6 Å². The molecule has 1 nitrogen and oxygen atoms in total. The third-order valence-corrected chi connectivity index (χ3v) is 3.12. The second kappa shape index (κ2) is 4.80. The Kier molecular flexibility index (Phi) is 3.99. The Labute approximate surface area is 74.5 Å². The van der Waals surface area contributed by atoms with Crippen molar-refractivity contribution in [3.63, 3.8) is 0 Å². The molecule has 1 fully saturated rings. The number of nitrogens with two attached hydrogens (primary N) is 1. The van der Waals surface area contributed by atoms with Crippen LogP contribution in [0, 0.1) is 11.8 Å². The fourth-order valence-corrected chi connectivity index (χ4v) is 2.32. The summed E-state index contributed by atoms with van der Waals surface area (Å²) in [6.07, 6.45) is 5.53. The quantitative estimate of drug-likeness (QED) is 0.697. The second-order valence-electron chi connectivity index (χ2n) is 3.98. The summed E-state index contributed by atoms with van der Waals surface area (Å²) in [5.41, 5.74) is 5.56. The van der Waals surface area contributed by atoms with Gasteiger partial charge in [-0.15, -0.1) is 0 Å². The van der Waals surface area contributed by atoms with Crippen LogP contribution in [0.3, 0.4) is 0 Å². The highest BCUT2D eigenvalue weighted by Gasteiger charge is 2.26. The maximum Gasteiger partial charge on any atom is 0.102 e. The minimum atomic E-state index is -0.724. The molecule has 0 amide bonds. The number of halogens is 1. The molecule has 0 aromatic rings. The molecule has 0 heterocycles. The highest BCUT2D eigenvalue weighted by molar-refractivity contribution is 4.78. The van der Waals surface area contributed by atoms with Crippen molar-refractivity contribution in [3.05, 3.63) is 0 Å². The lowest BCUT2D eigenvalue weighted by Crippen LogP contribution is -2.31. The van der Waals surface area contributed by atoms with Gasteiger partial charge in [0, 0.05) is 5.92 Å². The first-order valence-electron chi connectivity index (χ1n) is 5.10. The minimum Gasteiger partial charge on any atom is -0.330 e. The van der Waals surface area contributed by atoms with Crippen molar-refractivity contribution in [2.45, 2.75) is 45.2 Å². The van der Waals surface area contributed by atoms with E-state index in [0.29, 0.717) is 12.5 Å². The van der Waals surface area contributed by atoms with E-state index in [2.05, 4.69) is 0 Å². The highest BCUT2D eigenvalue weighted by Crippen LogP contribution is 2.31.